The third-order valence-corrected chi connectivity index (χ3v) is 5.82. The number of carbonyl (C=O) groups is 2. The Hall–Kier alpha value is -1.43. The highest BCUT2D eigenvalue weighted by atomic mass is 32.1. The number of aromatic carboxylic acids is 1. The maximum atomic E-state index is 11.6. The normalized spacial score (nSPS) is 25.5. The minimum atomic E-state index is -1.11. The van der Waals surface area contributed by atoms with Gasteiger partial charge in [0.1, 0.15) is 4.88 Å². The summed E-state index contributed by atoms with van der Waals surface area (Å²) >= 11 is 1.24. The SMILES string of the molecule is CC(=O)c1sc(N2CCCC3CCCCC32)nc1C(=O)O. The van der Waals surface area contributed by atoms with Gasteiger partial charge in [0.2, 0.25) is 0 Å². The number of Topliss-reactive ketones (excluding diaryl/α,β-unsaturated/α-hetero) is 1. The number of carboxylic acid groups (broad SMARTS) is 1. The summed E-state index contributed by atoms with van der Waals surface area (Å²) in [5.41, 5.74) is -0.0829. The summed E-state index contributed by atoms with van der Waals surface area (Å²) in [4.78, 5) is 29.7. The quantitative estimate of drug-likeness (QED) is 0.868. The molecule has 0 amide bonds. The molecule has 0 radical (unpaired) electrons. The molecule has 1 aromatic heterocycles. The van der Waals surface area contributed by atoms with Gasteiger partial charge in [-0.2, -0.15) is 0 Å². The van der Waals surface area contributed by atoms with Crippen LogP contribution < -0.4 is 4.90 Å². The van der Waals surface area contributed by atoms with Gasteiger partial charge in [-0.1, -0.05) is 24.2 Å². The van der Waals surface area contributed by atoms with E-state index < -0.39 is 5.97 Å². The predicted molar refractivity (Wildman–Crippen MR) is 81.4 cm³/mol. The van der Waals surface area contributed by atoms with Crippen LogP contribution in [0.4, 0.5) is 5.13 Å². The van der Waals surface area contributed by atoms with Crippen molar-refractivity contribution in [2.75, 3.05) is 11.4 Å². The molecule has 1 N–H and O–H groups in total. The molecule has 114 valence electrons. The summed E-state index contributed by atoms with van der Waals surface area (Å²) in [7, 11) is 0. The Labute approximate surface area is 128 Å². The second-order valence-corrected chi connectivity index (χ2v) is 6.96. The van der Waals surface area contributed by atoms with E-state index in [1.54, 1.807) is 0 Å². The van der Waals surface area contributed by atoms with Crippen LogP contribution >= 0.6 is 11.3 Å². The van der Waals surface area contributed by atoms with Crippen LogP contribution in [-0.2, 0) is 0 Å². The van der Waals surface area contributed by atoms with Crippen molar-refractivity contribution in [3.8, 4) is 0 Å². The third kappa shape index (κ3) is 2.69. The van der Waals surface area contributed by atoms with E-state index in [-0.39, 0.29) is 16.4 Å². The number of aromatic nitrogens is 1. The molecule has 1 aliphatic heterocycles. The molecule has 0 spiro atoms. The summed E-state index contributed by atoms with van der Waals surface area (Å²) in [5, 5.41) is 9.95. The number of hydrogen-bond acceptors (Lipinski definition) is 5. The standard InChI is InChI=1S/C15H20N2O3S/c1-9(18)13-12(14(19)20)16-15(21-13)17-8-4-6-10-5-2-3-7-11(10)17/h10-11H,2-8H2,1H3,(H,19,20). The number of anilines is 1. The van der Waals surface area contributed by atoms with Crippen LogP contribution in [0.1, 0.15) is 65.6 Å². The van der Waals surface area contributed by atoms with E-state index in [4.69, 9.17) is 0 Å². The van der Waals surface area contributed by atoms with Crippen molar-refractivity contribution in [1.82, 2.24) is 4.98 Å². The first-order valence-corrected chi connectivity index (χ1v) is 8.41. The molecule has 2 unspecified atom stereocenters. The fourth-order valence-electron chi connectivity index (χ4n) is 3.68. The molecule has 0 aromatic carbocycles. The molecule has 1 aromatic rings. The van der Waals surface area contributed by atoms with Gasteiger partial charge in [0.15, 0.2) is 16.6 Å². The zero-order valence-electron chi connectivity index (χ0n) is 12.2. The maximum absolute atomic E-state index is 11.6. The lowest BCUT2D eigenvalue weighted by Gasteiger charge is -2.44. The first-order chi connectivity index (χ1) is 10.1. The molecule has 5 nitrogen and oxygen atoms in total. The van der Waals surface area contributed by atoms with Gasteiger partial charge >= 0.3 is 5.97 Å². The molecule has 2 aliphatic rings. The number of carboxylic acids is 1. The van der Waals surface area contributed by atoms with Crippen LogP contribution in [0, 0.1) is 5.92 Å². The Morgan fingerprint density at radius 1 is 1.24 bits per heavy atom. The summed E-state index contributed by atoms with van der Waals surface area (Å²) < 4.78 is 0. The van der Waals surface area contributed by atoms with Crippen LogP contribution in [-0.4, -0.2) is 34.4 Å². The van der Waals surface area contributed by atoms with E-state index in [1.807, 2.05) is 0 Å². The number of carbonyl (C=O) groups excluding carboxylic acids is 1. The van der Waals surface area contributed by atoms with Gasteiger partial charge in [-0.15, -0.1) is 0 Å². The highest BCUT2D eigenvalue weighted by Crippen LogP contribution is 2.39. The molecule has 21 heavy (non-hydrogen) atoms. The Balaban J connectivity index is 1.93. The lowest BCUT2D eigenvalue weighted by molar-refractivity contribution is 0.0687. The number of fused-ring (bicyclic) bond motifs is 1. The van der Waals surface area contributed by atoms with Gasteiger partial charge in [0.05, 0.1) is 0 Å². The smallest absolute Gasteiger partial charge is 0.356 e. The summed E-state index contributed by atoms with van der Waals surface area (Å²) in [6.45, 7) is 2.33. The third-order valence-electron chi connectivity index (χ3n) is 4.63. The average molecular weight is 308 g/mol. The van der Waals surface area contributed by atoms with E-state index in [0.717, 1.165) is 19.4 Å². The number of ketones is 1. The van der Waals surface area contributed by atoms with Gasteiger partial charge in [-0.3, -0.25) is 4.79 Å². The Morgan fingerprint density at radius 3 is 2.62 bits per heavy atom. The monoisotopic (exact) mass is 308 g/mol. The molecule has 2 atom stereocenters. The van der Waals surface area contributed by atoms with E-state index in [2.05, 4.69) is 9.88 Å². The first-order valence-electron chi connectivity index (χ1n) is 7.59. The molecule has 1 saturated carbocycles. The molecule has 3 rings (SSSR count). The summed E-state index contributed by atoms with van der Waals surface area (Å²) in [5.74, 6) is -0.626. The summed E-state index contributed by atoms with van der Waals surface area (Å²) in [6.07, 6.45) is 7.33. The van der Waals surface area contributed by atoms with Crippen molar-refractivity contribution in [3.63, 3.8) is 0 Å². The summed E-state index contributed by atoms with van der Waals surface area (Å²) in [6, 6.07) is 0.472. The van der Waals surface area contributed by atoms with E-state index in [1.165, 1.54) is 43.9 Å². The average Bonchev–Trinajstić information content (AvgIpc) is 2.92. The topological polar surface area (TPSA) is 70.5 Å². The molecule has 1 aliphatic carbocycles. The second-order valence-electron chi connectivity index (χ2n) is 5.98. The zero-order valence-corrected chi connectivity index (χ0v) is 13.0. The van der Waals surface area contributed by atoms with Crippen molar-refractivity contribution in [1.29, 1.82) is 0 Å². The van der Waals surface area contributed by atoms with Crippen LogP contribution in [0.5, 0.6) is 0 Å². The molecule has 1 saturated heterocycles. The van der Waals surface area contributed by atoms with Crippen molar-refractivity contribution < 1.29 is 14.7 Å². The van der Waals surface area contributed by atoms with Crippen molar-refractivity contribution >= 4 is 28.2 Å². The number of rotatable bonds is 3. The molecule has 6 heteroatoms. The lowest BCUT2D eigenvalue weighted by Crippen LogP contribution is -2.46. The molecule has 0 bridgehead atoms. The van der Waals surface area contributed by atoms with Crippen molar-refractivity contribution in [2.45, 2.75) is 51.5 Å². The van der Waals surface area contributed by atoms with Gasteiger partial charge in [-0.25, -0.2) is 9.78 Å². The number of nitrogens with zero attached hydrogens (tertiary/aromatic N) is 2. The fourth-order valence-corrected chi connectivity index (χ4v) is 4.71. The van der Waals surface area contributed by atoms with Gasteiger partial charge in [0, 0.05) is 19.5 Å². The highest BCUT2D eigenvalue weighted by Gasteiger charge is 2.35. The zero-order chi connectivity index (χ0) is 15.0. The maximum Gasteiger partial charge on any atom is 0.356 e. The van der Waals surface area contributed by atoms with Gasteiger partial charge in [0.25, 0.3) is 0 Å². The predicted octanol–water partition coefficient (Wildman–Crippen LogP) is 3.20. The van der Waals surface area contributed by atoms with E-state index in [9.17, 15) is 14.7 Å². The lowest BCUT2D eigenvalue weighted by atomic mass is 9.78. The minimum absolute atomic E-state index is 0.0829. The molecule has 2 fully saturated rings. The molecular formula is C15H20N2O3S. The number of hydrogen-bond donors (Lipinski definition) is 1. The number of piperidine rings is 1. The van der Waals surface area contributed by atoms with Crippen LogP contribution in [0.15, 0.2) is 0 Å². The Bertz CT molecular complexity index is 536. The van der Waals surface area contributed by atoms with Gasteiger partial charge in [-0.05, 0) is 31.6 Å². The van der Waals surface area contributed by atoms with Crippen molar-refractivity contribution in [3.05, 3.63) is 10.6 Å². The molecule has 2 heterocycles. The van der Waals surface area contributed by atoms with Crippen molar-refractivity contribution in [2.24, 2.45) is 5.92 Å². The van der Waals surface area contributed by atoms with Crippen LogP contribution in [0.2, 0.25) is 0 Å². The van der Waals surface area contributed by atoms with E-state index in [0.29, 0.717) is 17.1 Å². The second kappa shape index (κ2) is 5.75. The fraction of sp³-hybridized carbons (Fsp3) is 0.667. The van der Waals surface area contributed by atoms with E-state index >= 15 is 0 Å². The van der Waals surface area contributed by atoms with Crippen LogP contribution in [0.25, 0.3) is 0 Å². The number of thiazole rings is 1. The largest absolute Gasteiger partial charge is 0.476 e. The van der Waals surface area contributed by atoms with Crippen LogP contribution in [0.3, 0.4) is 0 Å². The molecular weight excluding hydrogens is 288 g/mol. The first kappa shape index (κ1) is 14.5. The Kier molecular flexibility index (Phi) is 3.97. The minimum Gasteiger partial charge on any atom is -0.476 e. The van der Waals surface area contributed by atoms with Gasteiger partial charge < -0.3 is 10.0 Å². The Morgan fingerprint density at radius 2 is 1.95 bits per heavy atom. The highest BCUT2D eigenvalue weighted by molar-refractivity contribution is 7.17.